The third-order valence-corrected chi connectivity index (χ3v) is 7.28. The zero-order valence-electron chi connectivity index (χ0n) is 15.1. The molecule has 27 heavy (non-hydrogen) atoms. The number of amides is 1. The monoisotopic (exact) mass is 408 g/mol. The maximum atomic E-state index is 12.6. The molecule has 3 rings (SSSR count). The van der Waals surface area contributed by atoms with Crippen molar-refractivity contribution in [2.24, 2.45) is 0 Å². The molecule has 0 saturated carbocycles. The number of aryl methyl sites for hydroxylation is 1. The molecule has 1 aromatic carbocycles. The molecule has 146 valence electrons. The van der Waals surface area contributed by atoms with Gasteiger partial charge in [-0.15, -0.1) is 11.3 Å². The summed E-state index contributed by atoms with van der Waals surface area (Å²) < 4.78 is 31.8. The van der Waals surface area contributed by atoms with Crippen LogP contribution < -0.4 is 5.32 Å². The molecule has 0 spiro atoms. The van der Waals surface area contributed by atoms with E-state index in [0.717, 1.165) is 18.4 Å². The van der Waals surface area contributed by atoms with Gasteiger partial charge in [-0.05, 0) is 42.0 Å². The minimum absolute atomic E-state index is 0.0107. The number of benzene rings is 1. The first-order chi connectivity index (χ1) is 13.1. The fraction of sp³-hybridized carbons (Fsp3) is 0.421. The first kappa shape index (κ1) is 20.0. The van der Waals surface area contributed by atoms with Crippen LogP contribution in [0, 0.1) is 0 Å². The minimum atomic E-state index is -3.48. The number of hydrogen-bond donors (Lipinski definition) is 1. The molecular formula is C19H24N2O4S2. The fourth-order valence-corrected chi connectivity index (χ4v) is 5.04. The second-order valence-electron chi connectivity index (χ2n) is 6.37. The van der Waals surface area contributed by atoms with E-state index >= 15 is 0 Å². The SMILES string of the molecule is O=C(CCCc1cccs1)NCc1ccc(S(=O)(=O)N2CCOCC2)cc1. The van der Waals surface area contributed by atoms with Crippen LogP contribution in [-0.2, 0) is 32.5 Å². The van der Waals surface area contributed by atoms with Crippen molar-refractivity contribution < 1.29 is 17.9 Å². The Hall–Kier alpha value is -1.74. The Morgan fingerprint density at radius 3 is 2.56 bits per heavy atom. The molecule has 1 saturated heterocycles. The first-order valence-corrected chi connectivity index (χ1v) is 11.3. The number of sulfonamides is 1. The summed E-state index contributed by atoms with van der Waals surface area (Å²) in [6, 6.07) is 10.8. The van der Waals surface area contributed by atoms with Gasteiger partial charge in [0.05, 0.1) is 18.1 Å². The van der Waals surface area contributed by atoms with Crippen molar-refractivity contribution in [3.63, 3.8) is 0 Å². The third kappa shape index (κ3) is 5.62. The second-order valence-corrected chi connectivity index (χ2v) is 9.34. The highest BCUT2D eigenvalue weighted by Crippen LogP contribution is 2.18. The molecule has 0 aliphatic carbocycles. The molecule has 0 radical (unpaired) electrons. The van der Waals surface area contributed by atoms with Gasteiger partial charge in [0.2, 0.25) is 15.9 Å². The lowest BCUT2D eigenvalue weighted by Crippen LogP contribution is -2.40. The van der Waals surface area contributed by atoms with Gasteiger partial charge in [-0.25, -0.2) is 8.42 Å². The maximum absolute atomic E-state index is 12.6. The van der Waals surface area contributed by atoms with Crippen LogP contribution in [0.25, 0.3) is 0 Å². The van der Waals surface area contributed by atoms with Crippen LogP contribution in [0.1, 0.15) is 23.3 Å². The van der Waals surface area contributed by atoms with E-state index in [1.165, 1.54) is 9.18 Å². The highest BCUT2D eigenvalue weighted by atomic mass is 32.2. The van der Waals surface area contributed by atoms with Gasteiger partial charge in [0, 0.05) is 30.9 Å². The number of carbonyl (C=O) groups excluding carboxylic acids is 1. The fourth-order valence-electron chi connectivity index (χ4n) is 2.88. The van der Waals surface area contributed by atoms with Gasteiger partial charge in [0.25, 0.3) is 0 Å². The quantitative estimate of drug-likeness (QED) is 0.728. The van der Waals surface area contributed by atoms with E-state index < -0.39 is 10.0 Å². The van der Waals surface area contributed by atoms with E-state index in [-0.39, 0.29) is 10.8 Å². The molecule has 2 heterocycles. The molecule has 0 unspecified atom stereocenters. The van der Waals surface area contributed by atoms with Crippen LogP contribution >= 0.6 is 11.3 Å². The summed E-state index contributed by atoms with van der Waals surface area (Å²) in [6.45, 7) is 2.01. The lowest BCUT2D eigenvalue weighted by atomic mass is 10.2. The molecule has 1 amide bonds. The van der Waals surface area contributed by atoms with E-state index in [4.69, 9.17) is 4.74 Å². The number of nitrogens with one attached hydrogen (secondary N) is 1. The van der Waals surface area contributed by atoms with Crippen LogP contribution in [0.3, 0.4) is 0 Å². The smallest absolute Gasteiger partial charge is 0.243 e. The van der Waals surface area contributed by atoms with Crippen LogP contribution in [0.2, 0.25) is 0 Å². The van der Waals surface area contributed by atoms with E-state index in [0.29, 0.717) is 39.3 Å². The Morgan fingerprint density at radius 1 is 1.15 bits per heavy atom. The third-order valence-electron chi connectivity index (χ3n) is 4.43. The second kappa shape index (κ2) is 9.45. The van der Waals surface area contributed by atoms with Gasteiger partial charge in [-0.2, -0.15) is 4.31 Å². The zero-order chi connectivity index (χ0) is 19.1. The number of nitrogens with zero attached hydrogens (tertiary/aromatic N) is 1. The van der Waals surface area contributed by atoms with Gasteiger partial charge >= 0.3 is 0 Å². The van der Waals surface area contributed by atoms with Gasteiger partial charge in [0.15, 0.2) is 0 Å². The zero-order valence-corrected chi connectivity index (χ0v) is 16.7. The summed E-state index contributed by atoms with van der Waals surface area (Å²) in [5.74, 6) is 0.0107. The molecule has 1 aliphatic rings. The van der Waals surface area contributed by atoms with Gasteiger partial charge in [-0.3, -0.25) is 4.79 Å². The Morgan fingerprint density at radius 2 is 1.89 bits per heavy atom. The Balaban J connectivity index is 1.46. The summed E-state index contributed by atoms with van der Waals surface area (Å²) in [4.78, 5) is 13.5. The number of hydrogen-bond acceptors (Lipinski definition) is 5. The summed E-state index contributed by atoms with van der Waals surface area (Å²) >= 11 is 1.71. The molecule has 8 heteroatoms. The maximum Gasteiger partial charge on any atom is 0.243 e. The molecule has 1 fully saturated rings. The van der Waals surface area contributed by atoms with Gasteiger partial charge < -0.3 is 10.1 Å². The topological polar surface area (TPSA) is 75.7 Å². The molecule has 2 aromatic rings. The average molecular weight is 409 g/mol. The summed E-state index contributed by atoms with van der Waals surface area (Å²) in [5, 5.41) is 4.93. The van der Waals surface area contributed by atoms with Crippen molar-refractivity contribution >= 4 is 27.3 Å². The largest absolute Gasteiger partial charge is 0.379 e. The first-order valence-electron chi connectivity index (χ1n) is 9.01. The molecule has 0 bridgehead atoms. The van der Waals surface area contributed by atoms with Crippen molar-refractivity contribution in [3.8, 4) is 0 Å². The predicted molar refractivity (Wildman–Crippen MR) is 105 cm³/mol. The normalized spacial score (nSPS) is 15.6. The number of thiophene rings is 1. The van der Waals surface area contributed by atoms with Crippen LogP contribution in [-0.4, -0.2) is 44.9 Å². The van der Waals surface area contributed by atoms with Gasteiger partial charge in [0.1, 0.15) is 0 Å². The van der Waals surface area contributed by atoms with Crippen molar-refractivity contribution in [1.29, 1.82) is 0 Å². The molecule has 0 atom stereocenters. The van der Waals surface area contributed by atoms with E-state index in [1.54, 1.807) is 35.6 Å². The summed E-state index contributed by atoms with van der Waals surface area (Å²) in [7, 11) is -3.48. The lowest BCUT2D eigenvalue weighted by Gasteiger charge is -2.26. The average Bonchev–Trinajstić information content (AvgIpc) is 3.21. The van der Waals surface area contributed by atoms with Crippen LogP contribution in [0.15, 0.2) is 46.7 Å². The van der Waals surface area contributed by atoms with Crippen LogP contribution in [0.4, 0.5) is 0 Å². The van der Waals surface area contributed by atoms with Gasteiger partial charge in [-0.1, -0.05) is 18.2 Å². The molecule has 1 N–H and O–H groups in total. The molecule has 1 aliphatic heterocycles. The lowest BCUT2D eigenvalue weighted by molar-refractivity contribution is -0.121. The standard InChI is InChI=1S/C19H24N2O4S2/c22-19(5-1-3-17-4-2-14-26-17)20-15-16-6-8-18(9-7-16)27(23,24)21-10-12-25-13-11-21/h2,4,6-9,14H,1,3,5,10-13,15H2,(H,20,22). The number of ether oxygens (including phenoxy) is 1. The number of morpholine rings is 1. The summed E-state index contributed by atoms with van der Waals surface area (Å²) in [5.41, 5.74) is 0.877. The summed E-state index contributed by atoms with van der Waals surface area (Å²) in [6.07, 6.45) is 2.23. The van der Waals surface area contributed by atoms with E-state index in [9.17, 15) is 13.2 Å². The Bertz CT molecular complexity index is 827. The minimum Gasteiger partial charge on any atom is -0.379 e. The van der Waals surface area contributed by atoms with Crippen molar-refractivity contribution in [1.82, 2.24) is 9.62 Å². The van der Waals surface area contributed by atoms with E-state index in [2.05, 4.69) is 11.4 Å². The number of rotatable bonds is 8. The highest BCUT2D eigenvalue weighted by Gasteiger charge is 2.26. The van der Waals surface area contributed by atoms with Crippen molar-refractivity contribution in [3.05, 3.63) is 52.2 Å². The van der Waals surface area contributed by atoms with Crippen LogP contribution in [0.5, 0.6) is 0 Å². The van der Waals surface area contributed by atoms with E-state index in [1.807, 2.05) is 11.4 Å². The molecule has 6 nitrogen and oxygen atoms in total. The van der Waals surface area contributed by atoms with Crippen molar-refractivity contribution in [2.75, 3.05) is 26.3 Å². The predicted octanol–water partition coefficient (Wildman–Crippen LogP) is 2.41. The Kier molecular flexibility index (Phi) is 7.01. The highest BCUT2D eigenvalue weighted by molar-refractivity contribution is 7.89. The molecule has 1 aromatic heterocycles. The number of carbonyl (C=O) groups is 1. The molecular weight excluding hydrogens is 384 g/mol. The Labute approximate surface area is 164 Å². The van der Waals surface area contributed by atoms with Crippen molar-refractivity contribution in [2.45, 2.75) is 30.7 Å².